The Hall–Kier alpha value is -3.89. The van der Waals surface area contributed by atoms with Crippen molar-refractivity contribution in [2.24, 2.45) is 4.99 Å². The topological polar surface area (TPSA) is 107 Å². The van der Waals surface area contributed by atoms with Crippen LogP contribution in [-0.2, 0) is 15.8 Å². The first-order chi connectivity index (χ1) is 18.1. The van der Waals surface area contributed by atoms with Gasteiger partial charge in [0.05, 0.1) is 28.6 Å². The smallest absolute Gasteiger partial charge is 0.420 e. The molecule has 0 aliphatic carbocycles. The molecule has 198 valence electrons. The highest BCUT2D eigenvalue weighted by molar-refractivity contribution is 8.18. The summed E-state index contributed by atoms with van der Waals surface area (Å²) in [6, 6.07) is 7.96. The molecule has 2 aliphatic rings. The second-order valence-electron chi connectivity index (χ2n) is 8.34. The molecule has 4 rings (SSSR count). The Morgan fingerprint density at radius 3 is 2.68 bits per heavy atom. The summed E-state index contributed by atoms with van der Waals surface area (Å²) < 4.78 is 60.0. The molecule has 0 aromatic heterocycles. The van der Waals surface area contributed by atoms with Crippen LogP contribution in [0.3, 0.4) is 0 Å². The summed E-state index contributed by atoms with van der Waals surface area (Å²) in [5, 5.41) is 14.7. The van der Waals surface area contributed by atoms with Gasteiger partial charge in [-0.05, 0) is 60.2 Å². The van der Waals surface area contributed by atoms with Gasteiger partial charge in [0, 0.05) is 26.2 Å². The lowest BCUT2D eigenvalue weighted by Crippen LogP contribution is -2.47. The quantitative estimate of drug-likeness (QED) is 0.310. The van der Waals surface area contributed by atoms with Crippen molar-refractivity contribution in [1.82, 2.24) is 15.5 Å². The molecule has 38 heavy (non-hydrogen) atoms. The number of nitrogens with zero attached hydrogens (tertiary/aromatic N) is 3. The number of carbonyl (C=O) groups is 2. The number of aliphatic imine (C=N–C) groups is 1. The van der Waals surface area contributed by atoms with Crippen LogP contribution in [0.5, 0.6) is 11.5 Å². The summed E-state index contributed by atoms with van der Waals surface area (Å²) in [7, 11) is 0. The van der Waals surface area contributed by atoms with Crippen LogP contribution in [0.1, 0.15) is 23.1 Å². The fraction of sp³-hybridized carbons (Fsp3) is 0.280. The summed E-state index contributed by atoms with van der Waals surface area (Å²) in [5.74, 6) is -2.43. The number of carbonyl (C=O) groups excluding carboxylic acids is 2. The van der Waals surface area contributed by atoms with Gasteiger partial charge in [0.2, 0.25) is 5.91 Å². The molecule has 2 fully saturated rings. The Bertz CT molecular complexity index is 1350. The van der Waals surface area contributed by atoms with Crippen LogP contribution in [0.2, 0.25) is 0 Å². The molecule has 2 heterocycles. The fourth-order valence-electron chi connectivity index (χ4n) is 3.73. The lowest BCUT2D eigenvalue weighted by Gasteiger charge is -2.25. The zero-order valence-corrected chi connectivity index (χ0v) is 20.6. The maximum Gasteiger partial charge on any atom is 0.420 e. The van der Waals surface area contributed by atoms with Gasteiger partial charge in [0.15, 0.2) is 16.7 Å². The van der Waals surface area contributed by atoms with Crippen LogP contribution in [0.4, 0.5) is 17.6 Å². The van der Waals surface area contributed by atoms with Crippen molar-refractivity contribution in [1.29, 1.82) is 5.26 Å². The van der Waals surface area contributed by atoms with E-state index in [0.29, 0.717) is 49.4 Å². The van der Waals surface area contributed by atoms with Gasteiger partial charge in [-0.3, -0.25) is 19.5 Å². The minimum Gasteiger partial charge on any atom is -0.454 e. The van der Waals surface area contributed by atoms with E-state index in [1.54, 1.807) is 6.07 Å². The molecule has 0 spiro atoms. The number of piperazine rings is 1. The van der Waals surface area contributed by atoms with Gasteiger partial charge in [-0.25, -0.2) is 4.39 Å². The van der Waals surface area contributed by atoms with E-state index in [9.17, 15) is 27.2 Å². The van der Waals surface area contributed by atoms with Crippen molar-refractivity contribution in [3.8, 4) is 17.6 Å². The normalized spacial score (nSPS) is 18.4. The van der Waals surface area contributed by atoms with Gasteiger partial charge < -0.3 is 15.4 Å². The minimum atomic E-state index is -4.81. The van der Waals surface area contributed by atoms with E-state index in [4.69, 9.17) is 10.00 Å². The SMILES string of the molecule is N#Cc1ccc(Oc2ccc(/C=C3\SC(=NCCCN4CCNC(=O)C4)NC3=O)cc2F)c(C(F)(F)F)c1. The third kappa shape index (κ3) is 6.90. The number of hydrogen-bond acceptors (Lipinski definition) is 7. The molecule has 2 aromatic rings. The Labute approximate surface area is 219 Å². The number of amides is 2. The van der Waals surface area contributed by atoms with Crippen LogP contribution >= 0.6 is 11.8 Å². The van der Waals surface area contributed by atoms with Crippen LogP contribution in [0.15, 0.2) is 46.3 Å². The number of thioether (sulfide) groups is 1. The second kappa shape index (κ2) is 11.7. The summed E-state index contributed by atoms with van der Waals surface area (Å²) in [6.07, 6.45) is -2.67. The van der Waals surface area contributed by atoms with E-state index >= 15 is 0 Å². The van der Waals surface area contributed by atoms with Crippen molar-refractivity contribution < 1.29 is 31.9 Å². The van der Waals surface area contributed by atoms with Gasteiger partial charge in [-0.2, -0.15) is 18.4 Å². The number of halogens is 4. The number of hydrogen-bond donors (Lipinski definition) is 2. The standard InChI is InChI=1S/C25H21F4N5O3S/c26-18-11-15(2-5-20(18)37-19-4-3-16(13-30)10-17(19)25(27,28)29)12-21-23(36)33-24(38-21)32-6-1-8-34-9-7-31-22(35)14-34/h2-5,10-12H,1,6-9,14H2,(H,31,35)(H,32,33,36)/b21-12-. The van der Waals surface area contributed by atoms with E-state index in [2.05, 4.69) is 15.6 Å². The Morgan fingerprint density at radius 2 is 1.97 bits per heavy atom. The molecule has 0 unspecified atom stereocenters. The van der Waals surface area contributed by atoms with Crippen LogP contribution in [0.25, 0.3) is 6.08 Å². The molecular weight excluding hydrogens is 526 g/mol. The van der Waals surface area contributed by atoms with E-state index in [1.165, 1.54) is 12.1 Å². The minimum absolute atomic E-state index is 0.00713. The Morgan fingerprint density at radius 1 is 1.18 bits per heavy atom. The zero-order chi connectivity index (χ0) is 27.3. The largest absolute Gasteiger partial charge is 0.454 e. The van der Waals surface area contributed by atoms with Gasteiger partial charge in [0.25, 0.3) is 5.91 Å². The highest BCUT2D eigenvalue weighted by Gasteiger charge is 2.35. The highest BCUT2D eigenvalue weighted by Crippen LogP contribution is 2.39. The number of alkyl halides is 3. The van der Waals surface area contributed by atoms with Crippen molar-refractivity contribution >= 4 is 34.8 Å². The van der Waals surface area contributed by atoms with Crippen molar-refractivity contribution in [2.75, 3.05) is 32.7 Å². The van der Waals surface area contributed by atoms with Crippen molar-refractivity contribution in [3.63, 3.8) is 0 Å². The Balaban J connectivity index is 1.39. The first-order valence-electron chi connectivity index (χ1n) is 11.5. The number of benzene rings is 2. The van der Waals surface area contributed by atoms with Crippen LogP contribution < -0.4 is 15.4 Å². The average Bonchev–Trinajstić information content (AvgIpc) is 3.21. The van der Waals surface area contributed by atoms with Crippen molar-refractivity contribution in [3.05, 3.63) is 63.8 Å². The molecule has 2 saturated heterocycles. The van der Waals surface area contributed by atoms with Gasteiger partial charge in [-0.1, -0.05) is 6.07 Å². The average molecular weight is 548 g/mol. The summed E-state index contributed by atoms with van der Waals surface area (Å²) in [4.78, 5) is 30.4. The molecule has 2 aliphatic heterocycles. The lowest BCUT2D eigenvalue weighted by atomic mass is 10.1. The van der Waals surface area contributed by atoms with Gasteiger partial charge in [-0.15, -0.1) is 0 Å². The monoisotopic (exact) mass is 547 g/mol. The third-order valence-electron chi connectivity index (χ3n) is 5.54. The molecule has 2 N–H and O–H groups in total. The van der Waals surface area contributed by atoms with Crippen LogP contribution in [0, 0.1) is 17.1 Å². The number of nitriles is 1. The fourth-order valence-corrected chi connectivity index (χ4v) is 4.57. The molecule has 8 nitrogen and oxygen atoms in total. The van der Waals surface area contributed by atoms with Crippen molar-refractivity contribution in [2.45, 2.75) is 12.6 Å². The first-order valence-corrected chi connectivity index (χ1v) is 12.3. The number of rotatable bonds is 7. The molecule has 2 amide bonds. The maximum absolute atomic E-state index is 14.7. The molecule has 0 bridgehead atoms. The first kappa shape index (κ1) is 27.2. The molecule has 0 saturated carbocycles. The number of ether oxygens (including phenoxy) is 1. The van der Waals surface area contributed by atoms with E-state index < -0.39 is 35.0 Å². The summed E-state index contributed by atoms with van der Waals surface area (Å²) in [5.41, 5.74) is -1.11. The maximum atomic E-state index is 14.7. The molecular formula is C25H21F4N5O3S. The Kier molecular flexibility index (Phi) is 8.33. The van der Waals surface area contributed by atoms with E-state index in [0.717, 1.165) is 42.6 Å². The van der Waals surface area contributed by atoms with Crippen LogP contribution in [-0.4, -0.2) is 54.6 Å². The number of nitrogens with one attached hydrogen (secondary N) is 2. The van der Waals surface area contributed by atoms with Gasteiger partial charge >= 0.3 is 6.18 Å². The molecule has 0 radical (unpaired) electrons. The predicted molar refractivity (Wildman–Crippen MR) is 133 cm³/mol. The predicted octanol–water partition coefficient (Wildman–Crippen LogP) is 3.89. The summed E-state index contributed by atoms with van der Waals surface area (Å²) >= 11 is 1.09. The van der Waals surface area contributed by atoms with Gasteiger partial charge in [0.1, 0.15) is 5.75 Å². The van der Waals surface area contributed by atoms with E-state index in [-0.39, 0.29) is 16.4 Å². The third-order valence-corrected chi connectivity index (χ3v) is 6.49. The zero-order valence-electron chi connectivity index (χ0n) is 19.8. The number of amidine groups is 1. The molecule has 13 heteroatoms. The summed E-state index contributed by atoms with van der Waals surface area (Å²) in [6.45, 7) is 2.89. The van der Waals surface area contributed by atoms with E-state index in [1.807, 2.05) is 4.90 Å². The molecule has 0 atom stereocenters. The second-order valence-corrected chi connectivity index (χ2v) is 9.37. The lowest BCUT2D eigenvalue weighted by molar-refractivity contribution is -0.138. The highest BCUT2D eigenvalue weighted by atomic mass is 32.2. The molecule has 2 aromatic carbocycles.